The number of benzene rings is 1. The molecule has 6 heteroatoms. The quantitative estimate of drug-likeness (QED) is 0.802. The Balaban J connectivity index is 1.81. The van der Waals surface area contributed by atoms with E-state index in [1.165, 1.54) is 0 Å². The lowest BCUT2D eigenvalue weighted by molar-refractivity contribution is -0.120. The summed E-state index contributed by atoms with van der Waals surface area (Å²) in [4.78, 5) is 30.7. The van der Waals surface area contributed by atoms with Gasteiger partial charge in [-0.3, -0.25) is 14.9 Å². The van der Waals surface area contributed by atoms with Crippen LogP contribution in [-0.2, 0) is 9.53 Å². The van der Waals surface area contributed by atoms with E-state index in [0.29, 0.717) is 37.8 Å². The Morgan fingerprint density at radius 1 is 1.24 bits per heavy atom. The van der Waals surface area contributed by atoms with E-state index >= 15 is 0 Å². The van der Waals surface area contributed by atoms with Gasteiger partial charge in [-0.15, -0.1) is 0 Å². The van der Waals surface area contributed by atoms with E-state index in [4.69, 9.17) is 4.74 Å². The van der Waals surface area contributed by atoms with Gasteiger partial charge in [0, 0.05) is 18.7 Å². The predicted molar refractivity (Wildman–Crippen MR) is 77.1 cm³/mol. The van der Waals surface area contributed by atoms with E-state index in [-0.39, 0.29) is 18.1 Å². The molecular weight excluding hydrogens is 270 g/mol. The number of aliphatic imine (C=N–C) groups is 1. The highest BCUT2D eigenvalue weighted by atomic mass is 16.5. The molecule has 3 rings (SSSR count). The Labute approximate surface area is 122 Å². The normalized spacial score (nSPS) is 22.5. The summed E-state index contributed by atoms with van der Waals surface area (Å²) in [6.45, 7) is 2.55. The van der Waals surface area contributed by atoms with Gasteiger partial charge in [-0.1, -0.05) is 30.3 Å². The molecule has 2 aliphatic rings. The van der Waals surface area contributed by atoms with Gasteiger partial charge < -0.3 is 9.64 Å². The fourth-order valence-electron chi connectivity index (χ4n) is 2.46. The summed E-state index contributed by atoms with van der Waals surface area (Å²) in [5.74, 6) is 0.209. The second-order valence-corrected chi connectivity index (χ2v) is 5.05. The summed E-state index contributed by atoms with van der Waals surface area (Å²) >= 11 is 0. The van der Waals surface area contributed by atoms with Crippen LogP contribution in [0.5, 0.6) is 0 Å². The van der Waals surface area contributed by atoms with Gasteiger partial charge in [0.2, 0.25) is 11.9 Å². The zero-order chi connectivity index (χ0) is 14.7. The number of nitrogens with one attached hydrogen (secondary N) is 1. The first kappa shape index (κ1) is 13.8. The number of morpholine rings is 1. The highest BCUT2D eigenvalue weighted by Gasteiger charge is 2.30. The molecule has 1 saturated heterocycles. The Kier molecular flexibility index (Phi) is 3.96. The van der Waals surface area contributed by atoms with Crippen molar-refractivity contribution in [2.45, 2.75) is 12.5 Å². The van der Waals surface area contributed by atoms with Gasteiger partial charge in [0.25, 0.3) is 0 Å². The van der Waals surface area contributed by atoms with Crippen LogP contribution >= 0.6 is 0 Å². The van der Waals surface area contributed by atoms with Gasteiger partial charge in [-0.05, 0) is 0 Å². The monoisotopic (exact) mass is 287 g/mol. The number of hydrogen-bond acceptors (Lipinski definition) is 5. The van der Waals surface area contributed by atoms with Gasteiger partial charge in [-0.25, -0.2) is 4.99 Å². The van der Waals surface area contributed by atoms with Crippen molar-refractivity contribution in [1.82, 2.24) is 10.2 Å². The first-order chi connectivity index (χ1) is 10.2. The molecule has 0 unspecified atom stereocenters. The van der Waals surface area contributed by atoms with Gasteiger partial charge >= 0.3 is 0 Å². The Hall–Kier alpha value is -2.21. The number of ether oxygens (including phenoxy) is 1. The van der Waals surface area contributed by atoms with E-state index in [1.807, 2.05) is 23.1 Å². The SMILES string of the molecule is O=C1C[C@H](C(=O)c2ccccc2)N=C(N2CCOCC2)N1. The standard InChI is InChI=1S/C15H17N3O3/c19-13-10-12(14(20)11-4-2-1-3-5-11)16-15(17-13)18-6-8-21-9-7-18/h1-5,12H,6-10H2,(H,16,17,19)/t12-/m1/s1. The van der Waals surface area contributed by atoms with Gasteiger partial charge in [0.1, 0.15) is 6.04 Å². The molecule has 6 nitrogen and oxygen atoms in total. The fraction of sp³-hybridized carbons (Fsp3) is 0.400. The molecule has 0 bridgehead atoms. The van der Waals surface area contributed by atoms with Crippen molar-refractivity contribution in [3.05, 3.63) is 35.9 Å². The van der Waals surface area contributed by atoms with Gasteiger partial charge in [0.15, 0.2) is 5.78 Å². The smallest absolute Gasteiger partial charge is 0.229 e. The number of guanidine groups is 1. The molecule has 1 atom stereocenters. The minimum atomic E-state index is -0.640. The lowest BCUT2D eigenvalue weighted by Crippen LogP contribution is -2.52. The molecule has 0 aromatic heterocycles. The van der Waals surface area contributed by atoms with Crippen molar-refractivity contribution in [1.29, 1.82) is 0 Å². The first-order valence-electron chi connectivity index (χ1n) is 7.03. The highest BCUT2D eigenvalue weighted by Crippen LogP contribution is 2.14. The zero-order valence-corrected chi connectivity index (χ0v) is 11.6. The second-order valence-electron chi connectivity index (χ2n) is 5.05. The molecule has 1 N–H and O–H groups in total. The summed E-state index contributed by atoms with van der Waals surface area (Å²) in [6, 6.07) is 8.33. The minimum Gasteiger partial charge on any atom is -0.378 e. The van der Waals surface area contributed by atoms with E-state index < -0.39 is 6.04 Å². The highest BCUT2D eigenvalue weighted by molar-refractivity contribution is 6.08. The van der Waals surface area contributed by atoms with E-state index in [0.717, 1.165) is 0 Å². The predicted octanol–water partition coefficient (Wildman–Crippen LogP) is 0.446. The first-order valence-corrected chi connectivity index (χ1v) is 7.03. The topological polar surface area (TPSA) is 71.0 Å². The maximum absolute atomic E-state index is 12.4. The third kappa shape index (κ3) is 3.11. The van der Waals surface area contributed by atoms with Crippen molar-refractivity contribution in [3.8, 4) is 0 Å². The van der Waals surface area contributed by atoms with E-state index in [1.54, 1.807) is 12.1 Å². The van der Waals surface area contributed by atoms with Crippen molar-refractivity contribution in [3.63, 3.8) is 0 Å². The lowest BCUT2D eigenvalue weighted by Gasteiger charge is -2.32. The van der Waals surface area contributed by atoms with E-state index in [9.17, 15) is 9.59 Å². The molecule has 0 radical (unpaired) electrons. The Morgan fingerprint density at radius 2 is 1.95 bits per heavy atom. The van der Waals surface area contributed by atoms with Crippen LogP contribution in [0.4, 0.5) is 0 Å². The maximum Gasteiger partial charge on any atom is 0.229 e. The van der Waals surface area contributed by atoms with Crippen LogP contribution in [0.1, 0.15) is 16.8 Å². The largest absolute Gasteiger partial charge is 0.378 e. The second kappa shape index (κ2) is 6.05. The number of nitrogens with zero attached hydrogens (tertiary/aromatic N) is 2. The van der Waals surface area contributed by atoms with Crippen LogP contribution in [-0.4, -0.2) is 54.9 Å². The van der Waals surface area contributed by atoms with E-state index in [2.05, 4.69) is 10.3 Å². The number of hydrogen-bond donors (Lipinski definition) is 1. The number of rotatable bonds is 2. The van der Waals surface area contributed by atoms with Crippen LogP contribution < -0.4 is 5.32 Å². The molecule has 0 spiro atoms. The van der Waals surface area contributed by atoms with Gasteiger partial charge in [-0.2, -0.15) is 0 Å². The van der Waals surface area contributed by atoms with Crippen molar-refractivity contribution in [2.24, 2.45) is 4.99 Å². The van der Waals surface area contributed by atoms with Gasteiger partial charge in [0.05, 0.1) is 19.6 Å². The minimum absolute atomic E-state index is 0.0988. The number of ketones is 1. The molecule has 1 fully saturated rings. The molecule has 110 valence electrons. The van der Waals surface area contributed by atoms with Crippen molar-refractivity contribution in [2.75, 3.05) is 26.3 Å². The molecule has 2 aliphatic heterocycles. The van der Waals surface area contributed by atoms with Crippen LogP contribution in [0, 0.1) is 0 Å². The summed E-state index contributed by atoms with van der Waals surface area (Å²) in [6.07, 6.45) is 0.0988. The summed E-state index contributed by atoms with van der Waals surface area (Å²) in [7, 11) is 0. The van der Waals surface area contributed by atoms with Crippen molar-refractivity contribution < 1.29 is 14.3 Å². The Bertz CT molecular complexity index is 565. The third-order valence-corrected chi connectivity index (χ3v) is 3.58. The summed E-state index contributed by atoms with van der Waals surface area (Å²) in [5.41, 5.74) is 0.585. The molecule has 1 amide bonds. The number of Topliss-reactive ketones (excluding diaryl/α,β-unsaturated/α-hetero) is 1. The number of carbonyl (C=O) groups excluding carboxylic acids is 2. The average Bonchev–Trinajstić information content (AvgIpc) is 2.55. The van der Waals surface area contributed by atoms with Crippen LogP contribution in [0.15, 0.2) is 35.3 Å². The van der Waals surface area contributed by atoms with Crippen LogP contribution in [0.25, 0.3) is 0 Å². The Morgan fingerprint density at radius 3 is 2.67 bits per heavy atom. The molecular formula is C15H17N3O3. The zero-order valence-electron chi connectivity index (χ0n) is 11.6. The molecule has 1 aromatic rings. The number of carbonyl (C=O) groups is 2. The molecule has 2 heterocycles. The maximum atomic E-state index is 12.4. The lowest BCUT2D eigenvalue weighted by atomic mass is 10.0. The third-order valence-electron chi connectivity index (χ3n) is 3.58. The molecule has 21 heavy (non-hydrogen) atoms. The molecule has 0 aliphatic carbocycles. The van der Waals surface area contributed by atoms with Crippen LogP contribution in [0.3, 0.4) is 0 Å². The van der Waals surface area contributed by atoms with Crippen LogP contribution in [0.2, 0.25) is 0 Å². The molecule has 1 aromatic carbocycles. The fourth-order valence-corrected chi connectivity index (χ4v) is 2.46. The average molecular weight is 287 g/mol. The number of amides is 1. The summed E-state index contributed by atoms with van der Waals surface area (Å²) in [5, 5.41) is 2.75. The summed E-state index contributed by atoms with van der Waals surface area (Å²) < 4.78 is 5.28. The van der Waals surface area contributed by atoms with Crippen molar-refractivity contribution >= 4 is 17.6 Å². The molecule has 0 saturated carbocycles.